The summed E-state index contributed by atoms with van der Waals surface area (Å²) in [6.45, 7) is 4.53. The minimum atomic E-state index is -1.19. The Labute approximate surface area is 102 Å². The predicted molar refractivity (Wildman–Crippen MR) is 62.2 cm³/mol. The molecule has 1 aliphatic rings. The molecular weight excluding hydrogens is 222 g/mol. The number of nitrogens with zero attached hydrogens (tertiary/aromatic N) is 1. The van der Waals surface area contributed by atoms with E-state index < -0.39 is 11.7 Å². The molecule has 0 unspecified atom stereocenters. The van der Waals surface area contributed by atoms with Gasteiger partial charge in [-0.05, 0) is 19.8 Å². The van der Waals surface area contributed by atoms with Gasteiger partial charge in [-0.1, -0.05) is 6.92 Å². The first-order chi connectivity index (χ1) is 8.12. The van der Waals surface area contributed by atoms with Crippen LogP contribution in [0.25, 0.3) is 0 Å². The molecule has 1 saturated heterocycles. The number of methoxy groups -OCH3 is 1. The normalized spacial score (nSPS) is 23.8. The Bertz CT molecular complexity index is 292. The van der Waals surface area contributed by atoms with Crippen LogP contribution in [-0.2, 0) is 19.1 Å². The Morgan fingerprint density at radius 2 is 2.06 bits per heavy atom. The Kier molecular flexibility index (Phi) is 4.93. The van der Waals surface area contributed by atoms with Crippen LogP contribution < -0.4 is 0 Å². The summed E-state index contributed by atoms with van der Waals surface area (Å²) in [4.78, 5) is 25.5. The van der Waals surface area contributed by atoms with E-state index in [1.54, 1.807) is 6.92 Å². The molecule has 5 heteroatoms. The lowest BCUT2D eigenvalue weighted by Gasteiger charge is -2.34. The molecule has 1 heterocycles. The monoisotopic (exact) mass is 243 g/mol. The largest absolute Gasteiger partial charge is 0.462 e. The van der Waals surface area contributed by atoms with Crippen molar-refractivity contribution in [2.24, 2.45) is 0 Å². The quantitative estimate of drug-likeness (QED) is 0.683. The maximum absolute atomic E-state index is 12.0. The van der Waals surface area contributed by atoms with Gasteiger partial charge < -0.3 is 14.4 Å². The van der Waals surface area contributed by atoms with Gasteiger partial charge in [0, 0.05) is 26.5 Å². The standard InChI is InChI=1S/C12H21NO4/c1-4-7-10(14)13-9-6-8-12(13,16-3)11(15)17-5-2/h4-9H2,1-3H3/t12-/m1/s1. The highest BCUT2D eigenvalue weighted by Gasteiger charge is 2.51. The number of likely N-dealkylation sites (tertiary alicyclic amines) is 1. The molecule has 0 aliphatic carbocycles. The summed E-state index contributed by atoms with van der Waals surface area (Å²) in [5.74, 6) is -0.496. The van der Waals surface area contributed by atoms with Crippen molar-refractivity contribution in [1.29, 1.82) is 0 Å². The number of hydrogen-bond donors (Lipinski definition) is 0. The Morgan fingerprint density at radius 3 is 2.59 bits per heavy atom. The molecule has 0 spiro atoms. The molecule has 1 fully saturated rings. The number of rotatable bonds is 5. The first-order valence-corrected chi connectivity index (χ1v) is 6.15. The van der Waals surface area contributed by atoms with E-state index in [1.165, 1.54) is 12.0 Å². The molecule has 1 atom stereocenters. The molecule has 5 nitrogen and oxygen atoms in total. The maximum atomic E-state index is 12.0. The molecule has 0 aromatic heterocycles. The Hall–Kier alpha value is -1.10. The van der Waals surface area contributed by atoms with Crippen LogP contribution in [0.4, 0.5) is 0 Å². The summed E-state index contributed by atoms with van der Waals surface area (Å²) < 4.78 is 10.3. The van der Waals surface area contributed by atoms with Crippen LogP contribution in [0.3, 0.4) is 0 Å². The van der Waals surface area contributed by atoms with Crippen LogP contribution in [0.2, 0.25) is 0 Å². The number of amides is 1. The predicted octanol–water partition coefficient (Wildman–Crippen LogP) is 1.31. The van der Waals surface area contributed by atoms with Crippen LogP contribution in [0.5, 0.6) is 0 Å². The fourth-order valence-electron chi connectivity index (χ4n) is 2.22. The van der Waals surface area contributed by atoms with Crippen LogP contribution in [0.15, 0.2) is 0 Å². The molecule has 0 radical (unpaired) electrons. The Morgan fingerprint density at radius 1 is 1.35 bits per heavy atom. The van der Waals surface area contributed by atoms with Crippen molar-refractivity contribution in [3.63, 3.8) is 0 Å². The number of hydrogen-bond acceptors (Lipinski definition) is 4. The molecule has 98 valence electrons. The number of esters is 1. The molecule has 1 amide bonds. The summed E-state index contributed by atoms with van der Waals surface area (Å²) in [5.41, 5.74) is -1.19. The third kappa shape index (κ3) is 2.60. The van der Waals surface area contributed by atoms with E-state index in [2.05, 4.69) is 0 Å². The molecule has 1 rings (SSSR count). The second-order valence-corrected chi connectivity index (χ2v) is 4.11. The van der Waals surface area contributed by atoms with E-state index in [4.69, 9.17) is 9.47 Å². The highest BCUT2D eigenvalue weighted by molar-refractivity contribution is 5.87. The molecular formula is C12H21NO4. The van der Waals surface area contributed by atoms with E-state index in [-0.39, 0.29) is 5.91 Å². The van der Waals surface area contributed by atoms with Crippen molar-refractivity contribution >= 4 is 11.9 Å². The number of carbonyl (C=O) groups excluding carboxylic acids is 2. The van der Waals surface area contributed by atoms with Crippen molar-refractivity contribution in [2.45, 2.75) is 45.3 Å². The molecule has 1 aliphatic heterocycles. The first-order valence-electron chi connectivity index (χ1n) is 6.15. The second kappa shape index (κ2) is 6.00. The minimum Gasteiger partial charge on any atom is -0.462 e. The zero-order chi connectivity index (χ0) is 12.9. The molecule has 17 heavy (non-hydrogen) atoms. The van der Waals surface area contributed by atoms with Crippen molar-refractivity contribution in [3.05, 3.63) is 0 Å². The molecule has 0 aromatic carbocycles. The van der Waals surface area contributed by atoms with Crippen molar-refractivity contribution in [1.82, 2.24) is 4.90 Å². The SMILES string of the molecule is CCCC(=O)N1CCC[C@@]1(OC)C(=O)OCC. The van der Waals surface area contributed by atoms with Crippen LogP contribution in [0, 0.1) is 0 Å². The zero-order valence-electron chi connectivity index (χ0n) is 10.8. The summed E-state index contributed by atoms with van der Waals surface area (Å²) in [6, 6.07) is 0. The number of ether oxygens (including phenoxy) is 2. The number of carbonyl (C=O) groups is 2. The van der Waals surface area contributed by atoms with E-state index in [9.17, 15) is 9.59 Å². The lowest BCUT2D eigenvalue weighted by molar-refractivity contribution is -0.193. The van der Waals surface area contributed by atoms with E-state index in [0.717, 1.165) is 12.8 Å². The van der Waals surface area contributed by atoms with Gasteiger partial charge in [0.05, 0.1) is 6.61 Å². The zero-order valence-corrected chi connectivity index (χ0v) is 10.8. The highest BCUT2D eigenvalue weighted by atomic mass is 16.6. The summed E-state index contributed by atoms with van der Waals surface area (Å²) >= 11 is 0. The highest BCUT2D eigenvalue weighted by Crippen LogP contribution is 2.32. The lowest BCUT2D eigenvalue weighted by atomic mass is 10.1. The van der Waals surface area contributed by atoms with Gasteiger partial charge in [0.2, 0.25) is 11.6 Å². The average molecular weight is 243 g/mol. The van der Waals surface area contributed by atoms with Crippen molar-refractivity contribution < 1.29 is 19.1 Å². The third-order valence-electron chi connectivity index (χ3n) is 3.03. The van der Waals surface area contributed by atoms with Crippen LogP contribution >= 0.6 is 0 Å². The Balaban J connectivity index is 2.88. The van der Waals surface area contributed by atoms with Gasteiger partial charge in [0.1, 0.15) is 0 Å². The van der Waals surface area contributed by atoms with E-state index in [1.807, 2.05) is 6.92 Å². The minimum absolute atomic E-state index is 0.0418. The molecule has 0 bridgehead atoms. The van der Waals surface area contributed by atoms with Crippen LogP contribution in [0.1, 0.15) is 39.5 Å². The summed E-state index contributed by atoms with van der Waals surface area (Å²) in [5, 5.41) is 0. The molecule has 0 aromatic rings. The van der Waals surface area contributed by atoms with Crippen LogP contribution in [-0.4, -0.2) is 42.8 Å². The van der Waals surface area contributed by atoms with Gasteiger partial charge >= 0.3 is 5.97 Å². The smallest absolute Gasteiger partial charge is 0.360 e. The maximum Gasteiger partial charge on any atom is 0.360 e. The fraction of sp³-hybridized carbons (Fsp3) is 0.833. The van der Waals surface area contributed by atoms with Crippen molar-refractivity contribution in [2.75, 3.05) is 20.3 Å². The summed E-state index contributed by atoms with van der Waals surface area (Å²) in [7, 11) is 1.45. The lowest BCUT2D eigenvalue weighted by Crippen LogP contribution is -2.55. The van der Waals surface area contributed by atoms with Gasteiger partial charge in [-0.15, -0.1) is 0 Å². The van der Waals surface area contributed by atoms with Gasteiger partial charge in [0.15, 0.2) is 0 Å². The average Bonchev–Trinajstić information content (AvgIpc) is 2.74. The topological polar surface area (TPSA) is 55.8 Å². The first kappa shape index (κ1) is 14.0. The molecule has 0 saturated carbocycles. The molecule has 0 N–H and O–H groups in total. The van der Waals surface area contributed by atoms with Gasteiger partial charge in [-0.2, -0.15) is 0 Å². The van der Waals surface area contributed by atoms with Gasteiger partial charge in [-0.3, -0.25) is 4.79 Å². The van der Waals surface area contributed by atoms with Gasteiger partial charge in [0.25, 0.3) is 0 Å². The van der Waals surface area contributed by atoms with Gasteiger partial charge in [-0.25, -0.2) is 4.79 Å². The third-order valence-corrected chi connectivity index (χ3v) is 3.03. The van der Waals surface area contributed by atoms with E-state index >= 15 is 0 Å². The summed E-state index contributed by atoms with van der Waals surface area (Å²) in [6.07, 6.45) is 2.47. The fourth-order valence-corrected chi connectivity index (χ4v) is 2.22. The second-order valence-electron chi connectivity index (χ2n) is 4.11. The van der Waals surface area contributed by atoms with E-state index in [0.29, 0.717) is 26.0 Å². The van der Waals surface area contributed by atoms with Crippen molar-refractivity contribution in [3.8, 4) is 0 Å².